The van der Waals surface area contributed by atoms with E-state index in [-0.39, 0.29) is 17.4 Å². The van der Waals surface area contributed by atoms with Crippen molar-refractivity contribution in [1.29, 1.82) is 0 Å². The van der Waals surface area contributed by atoms with Crippen molar-refractivity contribution in [2.24, 2.45) is 0 Å². The third kappa shape index (κ3) is 3.91. The zero-order valence-electron chi connectivity index (χ0n) is 19.2. The fourth-order valence-electron chi connectivity index (χ4n) is 3.78. The fourth-order valence-corrected chi connectivity index (χ4v) is 4.59. The second-order valence-electron chi connectivity index (χ2n) is 7.85. The first-order valence-corrected chi connectivity index (χ1v) is 11.6. The molecule has 0 unspecified atom stereocenters. The molecule has 3 aromatic heterocycles. The van der Waals surface area contributed by atoms with E-state index in [4.69, 9.17) is 5.73 Å². The summed E-state index contributed by atoms with van der Waals surface area (Å²) in [5, 5.41) is 6.43. The van der Waals surface area contributed by atoms with Crippen LogP contribution in [0.3, 0.4) is 0 Å². The van der Waals surface area contributed by atoms with Crippen LogP contribution in [0.1, 0.15) is 20.9 Å². The van der Waals surface area contributed by atoms with E-state index in [0.29, 0.717) is 33.2 Å². The summed E-state index contributed by atoms with van der Waals surface area (Å²) in [5.74, 6) is -0.112. The molecule has 0 aliphatic heterocycles. The van der Waals surface area contributed by atoms with Crippen LogP contribution >= 0.6 is 11.3 Å². The van der Waals surface area contributed by atoms with Crippen LogP contribution in [-0.4, -0.2) is 37.0 Å². The molecule has 0 aliphatic carbocycles. The van der Waals surface area contributed by atoms with Gasteiger partial charge in [0, 0.05) is 23.2 Å². The molecular formula is C24H22N8O2S. The molecule has 0 saturated heterocycles. The number of nitrogens with zero attached hydrogens (tertiary/aromatic N) is 5. The van der Waals surface area contributed by atoms with E-state index in [0.717, 1.165) is 16.3 Å². The number of carbonyl (C=O) groups excluding carboxylic acids is 1. The van der Waals surface area contributed by atoms with Crippen molar-refractivity contribution in [3.63, 3.8) is 0 Å². The summed E-state index contributed by atoms with van der Waals surface area (Å²) in [6, 6.07) is 14.1. The molecule has 3 heterocycles. The molecule has 11 heteroatoms. The maximum absolute atomic E-state index is 13.6. The monoisotopic (exact) mass is 486 g/mol. The molecule has 1 amide bonds. The predicted molar refractivity (Wildman–Crippen MR) is 138 cm³/mol. The molecule has 0 aliphatic rings. The first kappa shape index (κ1) is 22.3. The second kappa shape index (κ2) is 8.69. The van der Waals surface area contributed by atoms with Gasteiger partial charge in [0.25, 0.3) is 5.91 Å². The number of fused-ring (bicyclic) bond motifs is 1. The Morgan fingerprint density at radius 1 is 1.03 bits per heavy atom. The van der Waals surface area contributed by atoms with Crippen molar-refractivity contribution in [2.45, 2.75) is 13.8 Å². The van der Waals surface area contributed by atoms with Gasteiger partial charge in [0.1, 0.15) is 11.8 Å². The number of anilines is 3. The van der Waals surface area contributed by atoms with Gasteiger partial charge in [0.05, 0.1) is 17.1 Å². The number of benzene rings is 2. The molecular weight excluding hydrogens is 464 g/mol. The lowest BCUT2D eigenvalue weighted by Crippen LogP contribution is -2.22. The van der Waals surface area contributed by atoms with Crippen LogP contribution in [0.4, 0.5) is 16.6 Å². The van der Waals surface area contributed by atoms with E-state index in [1.54, 1.807) is 31.3 Å². The standard InChI is InChI=1S/C24H22N8O2S/c1-13-14(2)35-23(29-13)30-22(33)15-7-9-17(10-8-15)31-19-20(25)27-12-28-21(19)32(24(31)34)18-6-4-5-16(11-18)26-3/h4-12,26H,1-3H3,(H2,25,27,28)(H,29,30,33). The minimum atomic E-state index is -0.355. The summed E-state index contributed by atoms with van der Waals surface area (Å²) in [6.07, 6.45) is 1.33. The van der Waals surface area contributed by atoms with Gasteiger partial charge in [0.2, 0.25) is 0 Å². The number of carbonyl (C=O) groups is 1. The maximum atomic E-state index is 13.6. The SMILES string of the molecule is CNc1cccc(-n2c(=O)n(-c3ccc(C(=O)Nc4nc(C)c(C)s4)cc3)c3c(N)ncnc32)c1. The number of nitrogens with two attached hydrogens (primary N) is 1. The van der Waals surface area contributed by atoms with Crippen molar-refractivity contribution < 1.29 is 4.79 Å². The number of hydrogen-bond acceptors (Lipinski definition) is 8. The van der Waals surface area contributed by atoms with E-state index >= 15 is 0 Å². The molecule has 35 heavy (non-hydrogen) atoms. The van der Waals surface area contributed by atoms with E-state index in [1.165, 1.54) is 26.8 Å². The van der Waals surface area contributed by atoms with Crippen LogP contribution in [0.5, 0.6) is 0 Å². The van der Waals surface area contributed by atoms with Crippen LogP contribution in [0.15, 0.2) is 59.7 Å². The smallest absolute Gasteiger partial charge is 0.339 e. The average molecular weight is 487 g/mol. The highest BCUT2D eigenvalue weighted by Crippen LogP contribution is 2.25. The van der Waals surface area contributed by atoms with Crippen molar-refractivity contribution in [2.75, 3.05) is 23.4 Å². The van der Waals surface area contributed by atoms with E-state index in [9.17, 15) is 9.59 Å². The van der Waals surface area contributed by atoms with Gasteiger partial charge in [-0.25, -0.2) is 24.3 Å². The largest absolute Gasteiger partial charge is 0.388 e. The number of nitrogen functional groups attached to an aromatic ring is 1. The zero-order valence-corrected chi connectivity index (χ0v) is 20.1. The average Bonchev–Trinajstić information content (AvgIpc) is 3.34. The highest BCUT2D eigenvalue weighted by atomic mass is 32.1. The highest BCUT2D eigenvalue weighted by Gasteiger charge is 2.20. The maximum Gasteiger partial charge on any atom is 0.339 e. The summed E-state index contributed by atoms with van der Waals surface area (Å²) in [7, 11) is 1.81. The van der Waals surface area contributed by atoms with Crippen LogP contribution in [0.2, 0.25) is 0 Å². The van der Waals surface area contributed by atoms with Crippen molar-refractivity contribution >= 4 is 45.0 Å². The Balaban J connectivity index is 1.58. The minimum Gasteiger partial charge on any atom is -0.388 e. The molecule has 0 fully saturated rings. The minimum absolute atomic E-state index is 0.173. The number of aryl methyl sites for hydroxylation is 2. The summed E-state index contributed by atoms with van der Waals surface area (Å²) < 4.78 is 2.94. The molecule has 0 radical (unpaired) electrons. The number of hydrogen-bond donors (Lipinski definition) is 3. The molecule has 0 bridgehead atoms. The van der Waals surface area contributed by atoms with Crippen LogP contribution in [0.25, 0.3) is 22.5 Å². The Morgan fingerprint density at radius 3 is 2.49 bits per heavy atom. The number of thiazole rings is 1. The van der Waals surface area contributed by atoms with Gasteiger partial charge >= 0.3 is 5.69 Å². The van der Waals surface area contributed by atoms with Gasteiger partial charge in [-0.3, -0.25) is 14.7 Å². The Morgan fingerprint density at radius 2 is 1.80 bits per heavy atom. The number of imidazole rings is 1. The summed E-state index contributed by atoms with van der Waals surface area (Å²) in [4.78, 5) is 40.2. The van der Waals surface area contributed by atoms with E-state index < -0.39 is 0 Å². The van der Waals surface area contributed by atoms with Gasteiger partial charge in [-0.2, -0.15) is 0 Å². The number of nitrogens with one attached hydrogen (secondary N) is 2. The lowest BCUT2D eigenvalue weighted by Gasteiger charge is -2.06. The van der Waals surface area contributed by atoms with E-state index in [2.05, 4.69) is 25.6 Å². The summed E-state index contributed by atoms with van der Waals surface area (Å²) in [6.45, 7) is 3.85. The Labute approximate surface area is 204 Å². The Kier molecular flexibility index (Phi) is 5.53. The lowest BCUT2D eigenvalue weighted by molar-refractivity contribution is 0.102. The number of aromatic nitrogens is 5. The lowest BCUT2D eigenvalue weighted by atomic mass is 10.2. The molecule has 4 N–H and O–H groups in total. The number of amides is 1. The second-order valence-corrected chi connectivity index (χ2v) is 9.05. The van der Waals surface area contributed by atoms with Gasteiger partial charge in [-0.15, -0.1) is 11.3 Å². The fraction of sp³-hybridized carbons (Fsp3) is 0.125. The van der Waals surface area contributed by atoms with Crippen LogP contribution < -0.4 is 22.1 Å². The van der Waals surface area contributed by atoms with Crippen molar-refractivity contribution in [3.05, 3.63) is 81.5 Å². The van der Waals surface area contributed by atoms with Gasteiger partial charge < -0.3 is 11.1 Å². The van der Waals surface area contributed by atoms with Gasteiger partial charge in [-0.1, -0.05) is 6.07 Å². The van der Waals surface area contributed by atoms with E-state index in [1.807, 2.05) is 38.1 Å². The summed E-state index contributed by atoms with van der Waals surface area (Å²) in [5.41, 5.74) is 9.92. The predicted octanol–water partition coefficient (Wildman–Crippen LogP) is 3.52. The highest BCUT2D eigenvalue weighted by molar-refractivity contribution is 7.15. The topological polar surface area (TPSA) is 133 Å². The van der Waals surface area contributed by atoms with Crippen molar-refractivity contribution in [3.8, 4) is 11.4 Å². The molecule has 0 atom stereocenters. The molecule has 2 aromatic carbocycles. The molecule has 176 valence electrons. The normalized spacial score (nSPS) is 11.1. The number of rotatable bonds is 5. The van der Waals surface area contributed by atoms with Gasteiger partial charge in [0.15, 0.2) is 16.6 Å². The zero-order chi connectivity index (χ0) is 24.7. The molecule has 5 aromatic rings. The molecule has 0 spiro atoms. The van der Waals surface area contributed by atoms with Crippen LogP contribution in [-0.2, 0) is 0 Å². The third-order valence-electron chi connectivity index (χ3n) is 5.68. The molecule has 0 saturated carbocycles. The quantitative estimate of drug-likeness (QED) is 0.346. The third-order valence-corrected chi connectivity index (χ3v) is 6.67. The molecule has 5 rings (SSSR count). The van der Waals surface area contributed by atoms with Crippen LogP contribution in [0, 0.1) is 13.8 Å². The van der Waals surface area contributed by atoms with Crippen molar-refractivity contribution in [1.82, 2.24) is 24.1 Å². The Bertz CT molecular complexity index is 1610. The van der Waals surface area contributed by atoms with Gasteiger partial charge in [-0.05, 0) is 56.3 Å². The summed E-state index contributed by atoms with van der Waals surface area (Å²) >= 11 is 1.42. The Hall–Kier alpha value is -4.51. The molecule has 10 nitrogen and oxygen atoms in total. The first-order valence-electron chi connectivity index (χ1n) is 10.8. The first-order chi connectivity index (χ1) is 16.9.